The van der Waals surface area contributed by atoms with Gasteiger partial charge in [-0.3, -0.25) is 0 Å². The number of nitrogens with zero attached hydrogens (tertiary/aromatic N) is 1. The van der Waals surface area contributed by atoms with E-state index in [0.29, 0.717) is 6.04 Å². The summed E-state index contributed by atoms with van der Waals surface area (Å²) in [5, 5.41) is 3.45. The Morgan fingerprint density at radius 1 is 1.17 bits per heavy atom. The number of likely N-dealkylation sites (tertiary alicyclic amines) is 1. The largest absolute Gasteiger partial charge is 0.312 e. The van der Waals surface area contributed by atoms with Crippen molar-refractivity contribution in [3.05, 3.63) is 35.4 Å². The van der Waals surface area contributed by atoms with Crippen LogP contribution in [0.25, 0.3) is 0 Å². The minimum absolute atomic E-state index is 0.447. The van der Waals surface area contributed by atoms with E-state index in [9.17, 15) is 0 Å². The Labute approximate surface area is 111 Å². The summed E-state index contributed by atoms with van der Waals surface area (Å²) in [6, 6.07) is 9.35. The van der Waals surface area contributed by atoms with E-state index < -0.39 is 0 Å². The SMILES string of the molecule is CNC(CN1CC(C)C(C)C1)c1ccc(C)cc1. The molecule has 1 aromatic carbocycles. The molecule has 1 aliphatic rings. The van der Waals surface area contributed by atoms with Gasteiger partial charge in [0, 0.05) is 25.7 Å². The summed E-state index contributed by atoms with van der Waals surface area (Å²) in [4.78, 5) is 2.59. The van der Waals surface area contributed by atoms with Crippen LogP contribution in [-0.2, 0) is 0 Å². The summed E-state index contributed by atoms with van der Waals surface area (Å²) in [5.74, 6) is 1.67. The van der Waals surface area contributed by atoms with Gasteiger partial charge in [0.1, 0.15) is 0 Å². The fourth-order valence-corrected chi connectivity index (χ4v) is 2.82. The normalized spacial score (nSPS) is 26.4. The molecule has 2 heteroatoms. The van der Waals surface area contributed by atoms with Crippen LogP contribution in [0.4, 0.5) is 0 Å². The molecule has 100 valence electrons. The lowest BCUT2D eigenvalue weighted by molar-refractivity contribution is 0.287. The van der Waals surface area contributed by atoms with Crippen LogP contribution < -0.4 is 5.32 Å². The summed E-state index contributed by atoms with van der Waals surface area (Å²) in [6.07, 6.45) is 0. The van der Waals surface area contributed by atoms with Crippen LogP contribution in [0.15, 0.2) is 24.3 Å². The average Bonchev–Trinajstić information content (AvgIpc) is 2.67. The van der Waals surface area contributed by atoms with Crippen molar-refractivity contribution in [2.24, 2.45) is 11.8 Å². The van der Waals surface area contributed by atoms with Gasteiger partial charge in [0.15, 0.2) is 0 Å². The Bertz CT molecular complexity index is 361. The third kappa shape index (κ3) is 3.12. The van der Waals surface area contributed by atoms with E-state index in [2.05, 4.69) is 62.3 Å². The molecule has 1 aromatic rings. The molecule has 1 N–H and O–H groups in total. The van der Waals surface area contributed by atoms with Gasteiger partial charge in [0.05, 0.1) is 0 Å². The van der Waals surface area contributed by atoms with Crippen LogP contribution >= 0.6 is 0 Å². The molecule has 0 aliphatic carbocycles. The maximum atomic E-state index is 3.45. The number of aryl methyl sites for hydroxylation is 1. The molecule has 2 nitrogen and oxygen atoms in total. The Kier molecular flexibility index (Phi) is 4.41. The fourth-order valence-electron chi connectivity index (χ4n) is 2.82. The standard InChI is InChI=1S/C16H26N2/c1-12-5-7-15(8-6-12)16(17-4)11-18-9-13(2)14(3)10-18/h5-8,13-14,16-17H,9-11H2,1-4H3. The maximum absolute atomic E-state index is 3.45. The molecule has 0 bridgehead atoms. The highest BCUT2D eigenvalue weighted by Gasteiger charge is 2.27. The highest BCUT2D eigenvalue weighted by atomic mass is 15.2. The van der Waals surface area contributed by atoms with E-state index in [1.54, 1.807) is 0 Å². The summed E-state index contributed by atoms with van der Waals surface area (Å²) < 4.78 is 0. The predicted octanol–water partition coefficient (Wildman–Crippen LogP) is 2.84. The predicted molar refractivity (Wildman–Crippen MR) is 77.7 cm³/mol. The number of nitrogens with one attached hydrogen (secondary N) is 1. The third-order valence-corrected chi connectivity index (χ3v) is 4.33. The molecule has 1 heterocycles. The second-order valence-electron chi connectivity index (χ2n) is 5.93. The highest BCUT2D eigenvalue weighted by molar-refractivity contribution is 5.24. The van der Waals surface area contributed by atoms with E-state index in [4.69, 9.17) is 0 Å². The van der Waals surface area contributed by atoms with Crippen molar-refractivity contribution >= 4 is 0 Å². The Hall–Kier alpha value is -0.860. The van der Waals surface area contributed by atoms with Crippen molar-refractivity contribution in [3.8, 4) is 0 Å². The summed E-state index contributed by atoms with van der Waals surface area (Å²) in [5.41, 5.74) is 2.73. The smallest absolute Gasteiger partial charge is 0.0446 e. The Morgan fingerprint density at radius 2 is 1.72 bits per heavy atom. The van der Waals surface area contributed by atoms with Crippen molar-refractivity contribution in [2.75, 3.05) is 26.7 Å². The van der Waals surface area contributed by atoms with Crippen LogP contribution in [0, 0.1) is 18.8 Å². The lowest BCUT2D eigenvalue weighted by atomic mass is 10.0. The molecule has 18 heavy (non-hydrogen) atoms. The van der Waals surface area contributed by atoms with Crippen molar-refractivity contribution < 1.29 is 0 Å². The molecule has 0 amide bonds. The monoisotopic (exact) mass is 246 g/mol. The molecular formula is C16H26N2. The van der Waals surface area contributed by atoms with Gasteiger partial charge in [0.2, 0.25) is 0 Å². The molecule has 0 radical (unpaired) electrons. The maximum Gasteiger partial charge on any atom is 0.0446 e. The molecule has 0 saturated carbocycles. The number of benzene rings is 1. The zero-order valence-corrected chi connectivity index (χ0v) is 12.1. The number of rotatable bonds is 4. The molecule has 3 unspecified atom stereocenters. The van der Waals surface area contributed by atoms with Crippen LogP contribution in [-0.4, -0.2) is 31.6 Å². The van der Waals surface area contributed by atoms with Crippen molar-refractivity contribution in [1.29, 1.82) is 0 Å². The van der Waals surface area contributed by atoms with Gasteiger partial charge in [-0.15, -0.1) is 0 Å². The number of likely N-dealkylation sites (N-methyl/N-ethyl adjacent to an activating group) is 1. The van der Waals surface area contributed by atoms with Crippen molar-refractivity contribution in [3.63, 3.8) is 0 Å². The van der Waals surface area contributed by atoms with Gasteiger partial charge in [-0.05, 0) is 31.4 Å². The van der Waals surface area contributed by atoms with E-state index in [-0.39, 0.29) is 0 Å². The molecule has 1 fully saturated rings. The molecule has 3 atom stereocenters. The topological polar surface area (TPSA) is 15.3 Å². The third-order valence-electron chi connectivity index (χ3n) is 4.33. The fraction of sp³-hybridized carbons (Fsp3) is 0.625. The lowest BCUT2D eigenvalue weighted by Gasteiger charge is -2.24. The number of hydrogen-bond donors (Lipinski definition) is 1. The molecule has 1 aliphatic heterocycles. The first kappa shape index (κ1) is 13.6. The molecule has 0 aromatic heterocycles. The Balaban J connectivity index is 1.99. The first-order valence-corrected chi connectivity index (χ1v) is 7.06. The number of hydrogen-bond acceptors (Lipinski definition) is 2. The van der Waals surface area contributed by atoms with Crippen LogP contribution in [0.5, 0.6) is 0 Å². The van der Waals surface area contributed by atoms with Gasteiger partial charge in [-0.2, -0.15) is 0 Å². The zero-order valence-electron chi connectivity index (χ0n) is 12.1. The van der Waals surface area contributed by atoms with Crippen molar-refractivity contribution in [2.45, 2.75) is 26.8 Å². The summed E-state index contributed by atoms with van der Waals surface area (Å²) in [6.45, 7) is 10.5. The Morgan fingerprint density at radius 3 is 2.22 bits per heavy atom. The first-order valence-electron chi connectivity index (χ1n) is 7.06. The van der Waals surface area contributed by atoms with Crippen molar-refractivity contribution in [1.82, 2.24) is 10.2 Å². The summed E-state index contributed by atoms with van der Waals surface area (Å²) in [7, 11) is 2.06. The van der Waals surface area contributed by atoms with E-state index in [0.717, 1.165) is 18.4 Å². The van der Waals surface area contributed by atoms with E-state index in [1.165, 1.54) is 24.2 Å². The van der Waals surface area contributed by atoms with Gasteiger partial charge in [-0.1, -0.05) is 43.7 Å². The first-order chi connectivity index (χ1) is 8.60. The highest BCUT2D eigenvalue weighted by Crippen LogP contribution is 2.24. The van der Waals surface area contributed by atoms with E-state index >= 15 is 0 Å². The zero-order chi connectivity index (χ0) is 13.1. The quantitative estimate of drug-likeness (QED) is 0.879. The van der Waals surface area contributed by atoms with Crippen LogP contribution in [0.2, 0.25) is 0 Å². The molecular weight excluding hydrogens is 220 g/mol. The van der Waals surface area contributed by atoms with Crippen LogP contribution in [0.3, 0.4) is 0 Å². The average molecular weight is 246 g/mol. The van der Waals surface area contributed by atoms with E-state index in [1.807, 2.05) is 0 Å². The molecule has 2 rings (SSSR count). The second-order valence-corrected chi connectivity index (χ2v) is 5.93. The second kappa shape index (κ2) is 5.85. The van der Waals surface area contributed by atoms with Gasteiger partial charge >= 0.3 is 0 Å². The van der Waals surface area contributed by atoms with Gasteiger partial charge < -0.3 is 10.2 Å². The minimum atomic E-state index is 0.447. The molecule has 0 spiro atoms. The van der Waals surface area contributed by atoms with Gasteiger partial charge in [0.25, 0.3) is 0 Å². The van der Waals surface area contributed by atoms with Gasteiger partial charge in [-0.25, -0.2) is 0 Å². The summed E-state index contributed by atoms with van der Waals surface area (Å²) >= 11 is 0. The lowest BCUT2D eigenvalue weighted by Crippen LogP contribution is -2.32. The molecule has 1 saturated heterocycles. The van der Waals surface area contributed by atoms with Crippen LogP contribution in [0.1, 0.15) is 31.0 Å². The minimum Gasteiger partial charge on any atom is -0.312 e.